The van der Waals surface area contributed by atoms with E-state index >= 15 is 0 Å². The predicted octanol–water partition coefficient (Wildman–Crippen LogP) is 0.837. The minimum atomic E-state index is -0.518. The zero-order valence-electron chi connectivity index (χ0n) is 13.6. The van der Waals surface area contributed by atoms with Crippen molar-refractivity contribution in [2.45, 2.75) is 50.3 Å². The van der Waals surface area contributed by atoms with Gasteiger partial charge in [0, 0.05) is 18.4 Å². The van der Waals surface area contributed by atoms with Gasteiger partial charge in [0.15, 0.2) is 5.65 Å². The summed E-state index contributed by atoms with van der Waals surface area (Å²) in [6.45, 7) is 2.11. The third kappa shape index (κ3) is 2.78. The molecular formula is C17H23N5O2. The van der Waals surface area contributed by atoms with Gasteiger partial charge in [0.25, 0.3) is 5.91 Å². The van der Waals surface area contributed by atoms with E-state index in [0.717, 1.165) is 32.4 Å². The topological polar surface area (TPSA) is 82.8 Å². The SMILES string of the molecule is O=C(N[C@@H]1CCC[C@@H](N2CCCC2)[C@@H]1O)c1cnn2cccnc12. The zero-order valence-corrected chi connectivity index (χ0v) is 13.6. The van der Waals surface area contributed by atoms with E-state index in [1.54, 1.807) is 23.0 Å². The molecule has 24 heavy (non-hydrogen) atoms. The quantitative estimate of drug-likeness (QED) is 0.872. The first kappa shape index (κ1) is 15.5. The maximum atomic E-state index is 12.6. The molecule has 2 fully saturated rings. The Balaban J connectivity index is 1.48. The lowest BCUT2D eigenvalue weighted by Crippen LogP contribution is -2.56. The number of carbonyl (C=O) groups is 1. The lowest BCUT2D eigenvalue weighted by Gasteiger charge is -2.40. The Labute approximate surface area is 140 Å². The average Bonchev–Trinajstić information content (AvgIpc) is 3.26. The fourth-order valence-electron chi connectivity index (χ4n) is 4.02. The molecule has 1 aliphatic heterocycles. The van der Waals surface area contributed by atoms with Crippen LogP contribution in [0, 0.1) is 0 Å². The van der Waals surface area contributed by atoms with Gasteiger partial charge in [-0.3, -0.25) is 9.69 Å². The molecule has 0 radical (unpaired) electrons. The Morgan fingerprint density at radius 3 is 2.92 bits per heavy atom. The van der Waals surface area contributed by atoms with E-state index in [1.807, 2.05) is 0 Å². The summed E-state index contributed by atoms with van der Waals surface area (Å²) in [7, 11) is 0. The minimum absolute atomic E-state index is 0.161. The van der Waals surface area contributed by atoms with E-state index in [-0.39, 0.29) is 18.0 Å². The highest BCUT2D eigenvalue weighted by Crippen LogP contribution is 2.27. The molecule has 2 aromatic rings. The highest BCUT2D eigenvalue weighted by atomic mass is 16.3. The molecular weight excluding hydrogens is 306 g/mol. The van der Waals surface area contributed by atoms with Crippen LogP contribution in [0.15, 0.2) is 24.7 Å². The van der Waals surface area contributed by atoms with Gasteiger partial charge in [0.2, 0.25) is 0 Å². The number of hydrogen-bond acceptors (Lipinski definition) is 5. The zero-order chi connectivity index (χ0) is 16.5. The molecule has 2 N–H and O–H groups in total. The predicted molar refractivity (Wildman–Crippen MR) is 88.7 cm³/mol. The van der Waals surface area contributed by atoms with E-state index < -0.39 is 6.10 Å². The van der Waals surface area contributed by atoms with E-state index in [9.17, 15) is 9.90 Å². The van der Waals surface area contributed by atoms with Crippen molar-refractivity contribution in [2.24, 2.45) is 0 Å². The van der Waals surface area contributed by atoms with Crippen LogP contribution in [-0.4, -0.2) is 61.8 Å². The van der Waals surface area contributed by atoms with Gasteiger partial charge in [0.1, 0.15) is 5.56 Å². The molecule has 1 amide bonds. The van der Waals surface area contributed by atoms with Crippen molar-refractivity contribution in [3.63, 3.8) is 0 Å². The first-order valence-electron chi connectivity index (χ1n) is 8.75. The lowest BCUT2D eigenvalue weighted by atomic mass is 9.87. The molecule has 3 heterocycles. The summed E-state index contributed by atoms with van der Waals surface area (Å²) in [6.07, 6.45) is 9.67. The first-order valence-corrected chi connectivity index (χ1v) is 8.75. The largest absolute Gasteiger partial charge is 0.389 e. The highest BCUT2D eigenvalue weighted by molar-refractivity contribution is 5.99. The summed E-state index contributed by atoms with van der Waals surface area (Å²) in [5.74, 6) is -0.213. The molecule has 128 valence electrons. The normalized spacial score (nSPS) is 28.3. The maximum Gasteiger partial charge on any atom is 0.257 e. The Morgan fingerprint density at radius 2 is 2.08 bits per heavy atom. The molecule has 3 atom stereocenters. The summed E-state index contributed by atoms with van der Waals surface area (Å²) in [5.41, 5.74) is 0.988. The number of nitrogens with one attached hydrogen (secondary N) is 1. The summed E-state index contributed by atoms with van der Waals surface area (Å²) in [5, 5.41) is 17.9. The van der Waals surface area contributed by atoms with Crippen molar-refractivity contribution in [1.82, 2.24) is 24.8 Å². The minimum Gasteiger partial charge on any atom is -0.389 e. The van der Waals surface area contributed by atoms with Crippen LogP contribution in [-0.2, 0) is 0 Å². The number of fused-ring (bicyclic) bond motifs is 1. The molecule has 2 aromatic heterocycles. The Kier molecular flexibility index (Phi) is 4.20. The second-order valence-corrected chi connectivity index (χ2v) is 6.76. The summed E-state index contributed by atoms with van der Waals surface area (Å²) in [4.78, 5) is 19.2. The fourth-order valence-corrected chi connectivity index (χ4v) is 4.02. The van der Waals surface area contributed by atoms with Crippen LogP contribution < -0.4 is 5.32 Å². The molecule has 7 nitrogen and oxygen atoms in total. The Bertz CT molecular complexity index is 725. The van der Waals surface area contributed by atoms with Gasteiger partial charge in [-0.25, -0.2) is 9.50 Å². The van der Waals surface area contributed by atoms with Gasteiger partial charge in [-0.05, 0) is 51.3 Å². The van der Waals surface area contributed by atoms with Crippen molar-refractivity contribution in [3.8, 4) is 0 Å². The monoisotopic (exact) mass is 329 g/mol. The summed E-state index contributed by atoms with van der Waals surface area (Å²) >= 11 is 0. The Hall–Kier alpha value is -1.99. The molecule has 1 aliphatic carbocycles. The molecule has 1 saturated heterocycles. The summed E-state index contributed by atoms with van der Waals surface area (Å²) in [6, 6.07) is 1.72. The number of aliphatic hydroxyl groups excluding tert-OH is 1. The third-order valence-electron chi connectivity index (χ3n) is 5.27. The average molecular weight is 329 g/mol. The van der Waals surface area contributed by atoms with Gasteiger partial charge < -0.3 is 10.4 Å². The van der Waals surface area contributed by atoms with Crippen LogP contribution in [0.25, 0.3) is 5.65 Å². The van der Waals surface area contributed by atoms with Gasteiger partial charge in [0.05, 0.1) is 18.3 Å². The first-order chi connectivity index (χ1) is 11.7. The number of rotatable bonds is 3. The second kappa shape index (κ2) is 6.49. The van der Waals surface area contributed by atoms with Crippen molar-refractivity contribution in [2.75, 3.05) is 13.1 Å². The number of nitrogens with zero attached hydrogens (tertiary/aromatic N) is 4. The van der Waals surface area contributed by atoms with Crippen molar-refractivity contribution in [1.29, 1.82) is 0 Å². The van der Waals surface area contributed by atoms with Crippen LogP contribution in [0.2, 0.25) is 0 Å². The van der Waals surface area contributed by atoms with Crippen LogP contribution in [0.1, 0.15) is 42.5 Å². The standard InChI is InChI=1S/C17H23N5O2/c23-15-13(5-3-6-14(15)21-8-1-2-9-21)20-17(24)12-11-19-22-10-4-7-18-16(12)22/h4,7,10-11,13-15,23H,1-3,5-6,8-9H2,(H,20,24)/t13-,14-,15-/m1/s1. The molecule has 2 aliphatic rings. The molecule has 4 rings (SSSR count). The molecule has 0 spiro atoms. The van der Waals surface area contributed by atoms with Crippen molar-refractivity contribution < 1.29 is 9.90 Å². The van der Waals surface area contributed by atoms with E-state index in [0.29, 0.717) is 11.2 Å². The maximum absolute atomic E-state index is 12.6. The number of aliphatic hydroxyl groups is 1. The van der Waals surface area contributed by atoms with Crippen LogP contribution in [0.5, 0.6) is 0 Å². The van der Waals surface area contributed by atoms with Gasteiger partial charge in [-0.2, -0.15) is 5.10 Å². The Morgan fingerprint density at radius 1 is 1.25 bits per heavy atom. The van der Waals surface area contributed by atoms with Gasteiger partial charge >= 0.3 is 0 Å². The third-order valence-corrected chi connectivity index (χ3v) is 5.27. The van der Waals surface area contributed by atoms with Crippen LogP contribution in [0.3, 0.4) is 0 Å². The molecule has 0 aromatic carbocycles. The van der Waals surface area contributed by atoms with Crippen molar-refractivity contribution in [3.05, 3.63) is 30.2 Å². The van der Waals surface area contributed by atoms with Gasteiger partial charge in [-0.15, -0.1) is 0 Å². The smallest absolute Gasteiger partial charge is 0.257 e. The number of aromatic nitrogens is 3. The molecule has 0 unspecified atom stereocenters. The van der Waals surface area contributed by atoms with Gasteiger partial charge in [-0.1, -0.05) is 0 Å². The lowest BCUT2D eigenvalue weighted by molar-refractivity contribution is 0.00705. The number of carbonyl (C=O) groups excluding carboxylic acids is 1. The number of likely N-dealkylation sites (tertiary alicyclic amines) is 1. The highest BCUT2D eigenvalue weighted by Gasteiger charge is 2.37. The molecule has 1 saturated carbocycles. The fraction of sp³-hybridized carbons (Fsp3) is 0.588. The van der Waals surface area contributed by atoms with Crippen molar-refractivity contribution >= 4 is 11.6 Å². The van der Waals surface area contributed by atoms with E-state index in [4.69, 9.17) is 0 Å². The summed E-state index contributed by atoms with van der Waals surface area (Å²) < 4.78 is 1.58. The number of amides is 1. The van der Waals surface area contributed by atoms with E-state index in [1.165, 1.54) is 19.0 Å². The van der Waals surface area contributed by atoms with Crippen LogP contribution in [0.4, 0.5) is 0 Å². The molecule has 0 bridgehead atoms. The number of hydrogen-bond donors (Lipinski definition) is 2. The second-order valence-electron chi connectivity index (χ2n) is 6.76. The van der Waals surface area contributed by atoms with E-state index in [2.05, 4.69) is 20.3 Å². The van der Waals surface area contributed by atoms with Crippen LogP contribution >= 0.6 is 0 Å². The molecule has 7 heteroatoms.